The van der Waals surface area contributed by atoms with Crippen molar-refractivity contribution in [1.29, 1.82) is 0 Å². The molecule has 2 N–H and O–H groups in total. The number of benzene rings is 2. The molecule has 0 aliphatic carbocycles. The molecule has 0 saturated carbocycles. The van der Waals surface area contributed by atoms with E-state index in [0.717, 1.165) is 11.5 Å². The minimum absolute atomic E-state index is 0.679. The highest BCUT2D eigenvalue weighted by Gasteiger charge is 2.03. The second kappa shape index (κ2) is 6.02. The Labute approximate surface area is 119 Å². The number of nitrogens with two attached hydrogens (primary N) is 1. The molecule has 0 aliphatic rings. The van der Waals surface area contributed by atoms with Crippen molar-refractivity contribution in [3.63, 3.8) is 0 Å². The summed E-state index contributed by atoms with van der Waals surface area (Å²) in [5.74, 6) is 1.70. The van der Waals surface area contributed by atoms with Gasteiger partial charge in [-0.1, -0.05) is 29.3 Å². The van der Waals surface area contributed by atoms with Crippen LogP contribution in [0.5, 0.6) is 5.75 Å². The minimum atomic E-state index is 0.679. The van der Waals surface area contributed by atoms with Gasteiger partial charge >= 0.3 is 0 Å². The van der Waals surface area contributed by atoms with Crippen LogP contribution in [0.2, 0.25) is 0 Å². The van der Waals surface area contributed by atoms with Gasteiger partial charge in [0.2, 0.25) is 0 Å². The van der Waals surface area contributed by atoms with Crippen LogP contribution in [-0.2, 0) is 5.75 Å². The molecule has 0 unspecified atom stereocenters. The molecule has 0 radical (unpaired) electrons. The van der Waals surface area contributed by atoms with Crippen molar-refractivity contribution in [3.05, 3.63) is 53.1 Å². The van der Waals surface area contributed by atoms with Crippen LogP contribution in [0.25, 0.3) is 0 Å². The van der Waals surface area contributed by atoms with E-state index in [1.54, 1.807) is 18.9 Å². The number of hydrogen-bond donors (Lipinski definition) is 1. The highest BCUT2D eigenvalue weighted by molar-refractivity contribution is 7.98. The van der Waals surface area contributed by atoms with Crippen LogP contribution in [0.1, 0.15) is 16.7 Å². The van der Waals surface area contributed by atoms with E-state index in [1.807, 2.05) is 18.2 Å². The summed E-state index contributed by atoms with van der Waals surface area (Å²) in [6, 6.07) is 12.6. The van der Waals surface area contributed by atoms with Crippen LogP contribution in [0.15, 0.2) is 41.3 Å². The Hall–Kier alpha value is -1.61. The fourth-order valence-electron chi connectivity index (χ4n) is 2.10. The Morgan fingerprint density at radius 1 is 1.05 bits per heavy atom. The lowest BCUT2D eigenvalue weighted by Gasteiger charge is -2.08. The van der Waals surface area contributed by atoms with Gasteiger partial charge in [-0.25, -0.2) is 0 Å². The van der Waals surface area contributed by atoms with Crippen LogP contribution in [0, 0.1) is 13.8 Å². The molecular formula is C16H19NOS. The molecule has 2 aromatic carbocycles. The van der Waals surface area contributed by atoms with Crippen molar-refractivity contribution in [2.75, 3.05) is 12.8 Å². The van der Waals surface area contributed by atoms with Gasteiger partial charge in [-0.15, -0.1) is 11.8 Å². The molecule has 0 saturated heterocycles. The number of anilines is 1. The lowest BCUT2D eigenvalue weighted by atomic mass is 10.1. The monoisotopic (exact) mass is 273 g/mol. The topological polar surface area (TPSA) is 35.2 Å². The normalized spacial score (nSPS) is 10.5. The van der Waals surface area contributed by atoms with Crippen LogP contribution in [0.4, 0.5) is 5.69 Å². The second-order valence-electron chi connectivity index (χ2n) is 4.69. The SMILES string of the molecule is COc1cc(SCc2cc(C)cc(C)c2)ccc1N. The summed E-state index contributed by atoms with van der Waals surface area (Å²) in [6.45, 7) is 4.26. The molecule has 3 heteroatoms. The highest BCUT2D eigenvalue weighted by atomic mass is 32.2. The number of aryl methyl sites for hydroxylation is 2. The van der Waals surface area contributed by atoms with Crippen molar-refractivity contribution < 1.29 is 4.74 Å². The van der Waals surface area contributed by atoms with Crippen molar-refractivity contribution >= 4 is 17.4 Å². The first-order valence-corrected chi connectivity index (χ1v) is 7.20. The number of methoxy groups -OCH3 is 1. The van der Waals surface area contributed by atoms with E-state index in [4.69, 9.17) is 10.5 Å². The minimum Gasteiger partial charge on any atom is -0.495 e. The fraction of sp³-hybridized carbons (Fsp3) is 0.250. The molecule has 0 atom stereocenters. The Kier molecular flexibility index (Phi) is 4.38. The van der Waals surface area contributed by atoms with Crippen LogP contribution in [0.3, 0.4) is 0 Å². The lowest BCUT2D eigenvalue weighted by Crippen LogP contribution is -1.92. The predicted molar refractivity (Wildman–Crippen MR) is 82.9 cm³/mol. The molecular weight excluding hydrogens is 254 g/mol. The van der Waals surface area contributed by atoms with Gasteiger partial charge in [-0.2, -0.15) is 0 Å². The van der Waals surface area contributed by atoms with Crippen LogP contribution < -0.4 is 10.5 Å². The first kappa shape index (κ1) is 13.8. The summed E-state index contributed by atoms with van der Waals surface area (Å²) in [5, 5.41) is 0. The van der Waals surface area contributed by atoms with E-state index < -0.39 is 0 Å². The number of rotatable bonds is 4. The van der Waals surface area contributed by atoms with Crippen LogP contribution >= 0.6 is 11.8 Å². The summed E-state index contributed by atoms with van der Waals surface area (Å²) >= 11 is 1.79. The molecule has 0 fully saturated rings. The first-order valence-electron chi connectivity index (χ1n) is 6.22. The molecule has 2 rings (SSSR count). The molecule has 0 aromatic heterocycles. The van der Waals surface area contributed by atoms with Crippen molar-refractivity contribution in [3.8, 4) is 5.75 Å². The Balaban J connectivity index is 2.10. The summed E-state index contributed by atoms with van der Waals surface area (Å²) in [6.07, 6.45) is 0. The quantitative estimate of drug-likeness (QED) is 0.670. The predicted octanol–water partition coefficient (Wildman–Crippen LogP) is 4.19. The molecule has 0 bridgehead atoms. The average molecular weight is 273 g/mol. The van der Waals surface area contributed by atoms with Gasteiger partial charge in [0.05, 0.1) is 12.8 Å². The van der Waals surface area contributed by atoms with Gasteiger partial charge in [0.25, 0.3) is 0 Å². The summed E-state index contributed by atoms with van der Waals surface area (Å²) in [4.78, 5) is 1.17. The molecule has 2 nitrogen and oxygen atoms in total. The van der Waals surface area contributed by atoms with Crippen LogP contribution in [-0.4, -0.2) is 7.11 Å². The zero-order valence-corrected chi connectivity index (χ0v) is 12.4. The van der Waals surface area contributed by atoms with Gasteiger partial charge in [-0.05, 0) is 37.6 Å². The third-order valence-corrected chi connectivity index (χ3v) is 3.96. The van der Waals surface area contributed by atoms with Crippen molar-refractivity contribution in [2.24, 2.45) is 0 Å². The third kappa shape index (κ3) is 3.67. The molecule has 100 valence electrons. The molecule has 0 aliphatic heterocycles. The van der Waals surface area contributed by atoms with Gasteiger partial charge < -0.3 is 10.5 Å². The Morgan fingerprint density at radius 2 is 1.74 bits per heavy atom. The Bertz CT molecular complexity index is 561. The smallest absolute Gasteiger partial charge is 0.142 e. The van der Waals surface area contributed by atoms with E-state index in [-0.39, 0.29) is 0 Å². The van der Waals surface area contributed by atoms with Gasteiger partial charge in [0.15, 0.2) is 0 Å². The number of ether oxygens (including phenoxy) is 1. The highest BCUT2D eigenvalue weighted by Crippen LogP contribution is 2.30. The molecule has 0 amide bonds. The summed E-state index contributed by atoms with van der Waals surface area (Å²) < 4.78 is 5.24. The van der Waals surface area contributed by atoms with E-state index in [2.05, 4.69) is 32.0 Å². The maximum Gasteiger partial charge on any atom is 0.142 e. The van der Waals surface area contributed by atoms with Gasteiger partial charge in [0, 0.05) is 10.6 Å². The largest absolute Gasteiger partial charge is 0.495 e. The maximum absolute atomic E-state index is 5.81. The summed E-state index contributed by atoms with van der Waals surface area (Å²) in [7, 11) is 1.64. The van der Waals surface area contributed by atoms with E-state index in [0.29, 0.717) is 5.69 Å². The fourth-order valence-corrected chi connectivity index (χ4v) is 2.95. The van der Waals surface area contributed by atoms with Crippen molar-refractivity contribution in [1.82, 2.24) is 0 Å². The zero-order valence-electron chi connectivity index (χ0n) is 11.6. The Morgan fingerprint density at radius 3 is 2.37 bits per heavy atom. The second-order valence-corrected chi connectivity index (χ2v) is 5.74. The lowest BCUT2D eigenvalue weighted by molar-refractivity contribution is 0.416. The third-order valence-electron chi connectivity index (χ3n) is 2.89. The molecule has 2 aromatic rings. The van der Waals surface area contributed by atoms with E-state index in [1.165, 1.54) is 21.6 Å². The molecule has 0 heterocycles. The van der Waals surface area contributed by atoms with E-state index in [9.17, 15) is 0 Å². The van der Waals surface area contributed by atoms with E-state index >= 15 is 0 Å². The number of thioether (sulfide) groups is 1. The standard InChI is InChI=1S/C16H19NOS/c1-11-6-12(2)8-13(7-11)10-19-14-4-5-15(17)16(9-14)18-3/h4-9H,10,17H2,1-3H3. The number of nitrogen functional groups attached to an aromatic ring is 1. The zero-order chi connectivity index (χ0) is 13.8. The van der Waals surface area contributed by atoms with Crippen molar-refractivity contribution in [2.45, 2.75) is 24.5 Å². The maximum atomic E-state index is 5.81. The first-order chi connectivity index (χ1) is 9.08. The summed E-state index contributed by atoms with van der Waals surface area (Å²) in [5.41, 5.74) is 10.5. The van der Waals surface area contributed by atoms with Gasteiger partial charge in [0.1, 0.15) is 5.75 Å². The van der Waals surface area contributed by atoms with Gasteiger partial charge in [-0.3, -0.25) is 0 Å². The average Bonchev–Trinajstić information content (AvgIpc) is 2.36. The number of hydrogen-bond acceptors (Lipinski definition) is 3. The molecule has 19 heavy (non-hydrogen) atoms. The molecule has 0 spiro atoms.